The van der Waals surface area contributed by atoms with Gasteiger partial charge in [-0.15, -0.1) is 10.2 Å². The van der Waals surface area contributed by atoms with E-state index in [2.05, 4.69) is 14.8 Å². The Kier molecular flexibility index (Phi) is 4.31. The van der Waals surface area contributed by atoms with Crippen molar-refractivity contribution in [3.63, 3.8) is 0 Å². The SMILES string of the molecule is CCS(=O)(=O)N1CCCC1CCc1nncn1CC1CC1. The fourth-order valence-electron chi connectivity index (χ4n) is 3.13. The number of aryl methyl sites for hydroxylation is 1. The van der Waals surface area contributed by atoms with Crippen molar-refractivity contribution in [1.29, 1.82) is 0 Å². The lowest BCUT2D eigenvalue weighted by atomic mass is 10.1. The first-order valence-electron chi connectivity index (χ1n) is 7.96. The Morgan fingerprint density at radius 2 is 2.14 bits per heavy atom. The van der Waals surface area contributed by atoms with Gasteiger partial charge >= 0.3 is 0 Å². The third-order valence-electron chi connectivity index (χ3n) is 4.59. The minimum absolute atomic E-state index is 0.140. The van der Waals surface area contributed by atoms with Gasteiger partial charge in [0.05, 0.1) is 5.75 Å². The highest BCUT2D eigenvalue weighted by Gasteiger charge is 2.33. The maximum Gasteiger partial charge on any atom is 0.214 e. The second kappa shape index (κ2) is 6.04. The molecule has 1 unspecified atom stereocenters. The summed E-state index contributed by atoms with van der Waals surface area (Å²) in [6, 6.07) is 0.140. The molecule has 1 aromatic heterocycles. The quantitative estimate of drug-likeness (QED) is 0.764. The van der Waals surface area contributed by atoms with Crippen LogP contribution in [-0.2, 0) is 23.0 Å². The number of sulfonamides is 1. The smallest absolute Gasteiger partial charge is 0.214 e. The minimum atomic E-state index is -3.07. The molecule has 3 rings (SSSR count). The van der Waals surface area contributed by atoms with Crippen molar-refractivity contribution in [2.24, 2.45) is 5.92 Å². The first-order chi connectivity index (χ1) is 10.1. The van der Waals surface area contributed by atoms with E-state index in [1.165, 1.54) is 12.8 Å². The fraction of sp³-hybridized carbons (Fsp3) is 0.857. The van der Waals surface area contributed by atoms with Crippen LogP contribution in [0.3, 0.4) is 0 Å². The van der Waals surface area contributed by atoms with E-state index >= 15 is 0 Å². The largest absolute Gasteiger partial charge is 0.317 e. The molecule has 2 heterocycles. The Hall–Kier alpha value is -0.950. The van der Waals surface area contributed by atoms with Crippen LogP contribution in [0.4, 0.5) is 0 Å². The van der Waals surface area contributed by atoms with Crippen molar-refractivity contribution in [2.45, 2.75) is 58.0 Å². The lowest BCUT2D eigenvalue weighted by Crippen LogP contribution is -2.36. The highest BCUT2D eigenvalue weighted by Crippen LogP contribution is 2.31. The summed E-state index contributed by atoms with van der Waals surface area (Å²) >= 11 is 0. The summed E-state index contributed by atoms with van der Waals surface area (Å²) in [6.07, 6.45) is 8.03. The molecule has 0 radical (unpaired) electrons. The summed E-state index contributed by atoms with van der Waals surface area (Å²) in [5, 5.41) is 8.22. The molecule has 1 saturated heterocycles. The molecule has 21 heavy (non-hydrogen) atoms. The van der Waals surface area contributed by atoms with Crippen LogP contribution in [0.1, 0.15) is 44.9 Å². The van der Waals surface area contributed by atoms with Gasteiger partial charge in [-0.05, 0) is 44.9 Å². The zero-order chi connectivity index (χ0) is 14.9. The van der Waals surface area contributed by atoms with Crippen LogP contribution < -0.4 is 0 Å². The number of aromatic nitrogens is 3. The van der Waals surface area contributed by atoms with Crippen LogP contribution in [0.2, 0.25) is 0 Å². The van der Waals surface area contributed by atoms with Crippen LogP contribution in [0.15, 0.2) is 6.33 Å². The van der Waals surface area contributed by atoms with Gasteiger partial charge in [-0.1, -0.05) is 0 Å². The summed E-state index contributed by atoms with van der Waals surface area (Å²) in [7, 11) is -3.07. The third kappa shape index (κ3) is 3.45. The van der Waals surface area contributed by atoms with Gasteiger partial charge in [-0.25, -0.2) is 8.42 Å². The van der Waals surface area contributed by atoms with Gasteiger partial charge in [0.25, 0.3) is 0 Å². The maximum atomic E-state index is 12.1. The molecule has 2 aliphatic rings. The van der Waals surface area contributed by atoms with Crippen molar-refractivity contribution >= 4 is 10.0 Å². The Balaban J connectivity index is 1.60. The molecule has 0 aromatic carbocycles. The molecule has 1 atom stereocenters. The molecule has 1 aliphatic heterocycles. The molecule has 2 fully saturated rings. The van der Waals surface area contributed by atoms with Gasteiger partial charge in [0, 0.05) is 25.6 Å². The highest BCUT2D eigenvalue weighted by molar-refractivity contribution is 7.89. The van der Waals surface area contributed by atoms with Crippen LogP contribution in [0.5, 0.6) is 0 Å². The van der Waals surface area contributed by atoms with Gasteiger partial charge in [0.15, 0.2) is 0 Å². The molecule has 1 saturated carbocycles. The van der Waals surface area contributed by atoms with E-state index in [0.29, 0.717) is 6.54 Å². The average Bonchev–Trinajstić information content (AvgIpc) is 2.98. The van der Waals surface area contributed by atoms with Crippen molar-refractivity contribution in [2.75, 3.05) is 12.3 Å². The summed E-state index contributed by atoms with van der Waals surface area (Å²) in [6.45, 7) is 3.41. The number of nitrogens with zero attached hydrogens (tertiary/aromatic N) is 4. The predicted molar refractivity (Wildman–Crippen MR) is 80.3 cm³/mol. The highest BCUT2D eigenvalue weighted by atomic mass is 32.2. The average molecular weight is 312 g/mol. The molecular weight excluding hydrogens is 288 g/mol. The Morgan fingerprint density at radius 1 is 1.33 bits per heavy atom. The van der Waals surface area contributed by atoms with Crippen LogP contribution >= 0.6 is 0 Å². The lowest BCUT2D eigenvalue weighted by Gasteiger charge is -2.23. The lowest BCUT2D eigenvalue weighted by molar-refractivity contribution is 0.367. The van der Waals surface area contributed by atoms with E-state index in [1.54, 1.807) is 11.2 Å². The number of hydrogen-bond donors (Lipinski definition) is 0. The van der Waals surface area contributed by atoms with E-state index in [-0.39, 0.29) is 11.8 Å². The van der Waals surface area contributed by atoms with E-state index in [4.69, 9.17) is 0 Å². The Labute approximate surface area is 126 Å². The number of hydrogen-bond acceptors (Lipinski definition) is 4. The standard InChI is InChI=1S/C14H24N4O2S/c1-2-21(19,20)18-9-3-4-13(18)7-8-14-16-15-11-17(14)10-12-5-6-12/h11-13H,2-10H2,1H3. The monoisotopic (exact) mass is 312 g/mol. The van der Waals surface area contributed by atoms with Crippen molar-refractivity contribution in [3.05, 3.63) is 12.2 Å². The molecule has 0 bridgehead atoms. The summed E-state index contributed by atoms with van der Waals surface area (Å²) in [5.74, 6) is 1.99. The zero-order valence-electron chi connectivity index (χ0n) is 12.6. The van der Waals surface area contributed by atoms with Gasteiger partial charge in [0.1, 0.15) is 12.2 Å². The zero-order valence-corrected chi connectivity index (χ0v) is 13.4. The predicted octanol–water partition coefficient (Wildman–Crippen LogP) is 1.43. The number of rotatable bonds is 7. The molecule has 6 nitrogen and oxygen atoms in total. The van der Waals surface area contributed by atoms with Gasteiger partial charge in [-0.2, -0.15) is 4.31 Å². The molecule has 118 valence electrons. The van der Waals surface area contributed by atoms with Crippen LogP contribution in [0.25, 0.3) is 0 Å². The van der Waals surface area contributed by atoms with Crippen LogP contribution in [-0.4, -0.2) is 45.8 Å². The maximum absolute atomic E-state index is 12.1. The van der Waals surface area contributed by atoms with Gasteiger partial charge in [0.2, 0.25) is 10.0 Å². The fourth-order valence-corrected chi connectivity index (χ4v) is 4.53. The first-order valence-corrected chi connectivity index (χ1v) is 9.57. The Bertz CT molecular complexity index is 580. The normalized spacial score (nSPS) is 23.8. The summed E-state index contributed by atoms with van der Waals surface area (Å²) < 4.78 is 28.0. The molecule has 7 heteroatoms. The Morgan fingerprint density at radius 3 is 2.86 bits per heavy atom. The van der Waals surface area contributed by atoms with Gasteiger partial charge in [-0.3, -0.25) is 0 Å². The van der Waals surface area contributed by atoms with Crippen molar-refractivity contribution < 1.29 is 8.42 Å². The molecule has 0 N–H and O–H groups in total. The minimum Gasteiger partial charge on any atom is -0.317 e. The molecular formula is C14H24N4O2S. The molecule has 0 spiro atoms. The summed E-state index contributed by atoms with van der Waals surface area (Å²) in [5.41, 5.74) is 0. The van der Waals surface area contributed by atoms with E-state index < -0.39 is 10.0 Å². The van der Waals surface area contributed by atoms with Crippen LogP contribution in [0, 0.1) is 5.92 Å². The van der Waals surface area contributed by atoms with Gasteiger partial charge < -0.3 is 4.57 Å². The van der Waals surface area contributed by atoms with E-state index in [0.717, 1.165) is 44.0 Å². The third-order valence-corrected chi connectivity index (χ3v) is 6.52. The molecule has 1 aromatic rings. The first kappa shape index (κ1) is 15.0. The summed E-state index contributed by atoms with van der Waals surface area (Å²) in [4.78, 5) is 0. The second-order valence-electron chi connectivity index (χ2n) is 6.19. The molecule has 0 amide bonds. The second-order valence-corrected chi connectivity index (χ2v) is 8.40. The topological polar surface area (TPSA) is 68.1 Å². The van der Waals surface area contributed by atoms with E-state index in [9.17, 15) is 8.42 Å². The van der Waals surface area contributed by atoms with Crippen molar-refractivity contribution in [3.8, 4) is 0 Å². The molecule has 1 aliphatic carbocycles. The van der Waals surface area contributed by atoms with E-state index in [1.807, 2.05) is 6.33 Å². The van der Waals surface area contributed by atoms with Crippen molar-refractivity contribution in [1.82, 2.24) is 19.1 Å².